The van der Waals surface area contributed by atoms with Crippen molar-refractivity contribution in [3.63, 3.8) is 0 Å². The predicted octanol–water partition coefficient (Wildman–Crippen LogP) is 3.40. The molecule has 0 aliphatic heterocycles. The molecular weight excluding hydrogens is 295 g/mol. The second-order valence-corrected chi connectivity index (χ2v) is 5.53. The first-order valence-corrected chi connectivity index (χ1v) is 6.41. The molecule has 2 nitrogen and oxygen atoms in total. The Labute approximate surface area is 114 Å². The summed E-state index contributed by atoms with van der Waals surface area (Å²) in [4.78, 5) is 4.10. The van der Waals surface area contributed by atoms with Crippen molar-refractivity contribution in [2.24, 2.45) is 5.73 Å². The Bertz CT molecular complexity index is 555. The summed E-state index contributed by atoms with van der Waals surface area (Å²) in [6, 6.07) is 8.38. The fourth-order valence-corrected chi connectivity index (χ4v) is 2.33. The molecular formula is C14H14BrFN2. The van der Waals surface area contributed by atoms with Crippen molar-refractivity contribution in [2.75, 3.05) is 0 Å². The molecule has 0 saturated carbocycles. The molecule has 0 saturated heterocycles. The van der Waals surface area contributed by atoms with Gasteiger partial charge in [0.05, 0.1) is 0 Å². The zero-order valence-electron chi connectivity index (χ0n) is 10.0. The number of nitrogens with two attached hydrogens (primary N) is 1. The molecule has 2 N–H and O–H groups in total. The molecule has 0 bridgehead atoms. The van der Waals surface area contributed by atoms with Crippen LogP contribution in [0.25, 0.3) is 0 Å². The van der Waals surface area contributed by atoms with E-state index in [-0.39, 0.29) is 5.82 Å². The summed E-state index contributed by atoms with van der Waals surface area (Å²) in [6.45, 7) is 1.89. The highest BCUT2D eigenvalue weighted by Gasteiger charge is 2.22. The van der Waals surface area contributed by atoms with Crippen LogP contribution >= 0.6 is 15.9 Å². The molecule has 0 spiro atoms. The minimum atomic E-state index is -0.620. The smallest absolute Gasteiger partial charge is 0.123 e. The Kier molecular flexibility index (Phi) is 3.78. The Morgan fingerprint density at radius 2 is 2.11 bits per heavy atom. The second-order valence-electron chi connectivity index (χ2n) is 4.62. The van der Waals surface area contributed by atoms with Gasteiger partial charge in [0, 0.05) is 22.4 Å². The van der Waals surface area contributed by atoms with E-state index in [9.17, 15) is 4.39 Å². The van der Waals surface area contributed by atoms with Crippen molar-refractivity contribution in [2.45, 2.75) is 18.9 Å². The predicted molar refractivity (Wildman–Crippen MR) is 73.6 cm³/mol. The topological polar surface area (TPSA) is 38.9 Å². The van der Waals surface area contributed by atoms with E-state index in [1.807, 2.05) is 19.1 Å². The van der Waals surface area contributed by atoms with Crippen LogP contribution < -0.4 is 5.73 Å². The first kappa shape index (κ1) is 13.2. The molecule has 0 aliphatic rings. The largest absolute Gasteiger partial charge is 0.321 e. The van der Waals surface area contributed by atoms with Crippen LogP contribution in [0.5, 0.6) is 0 Å². The van der Waals surface area contributed by atoms with Gasteiger partial charge in [0.15, 0.2) is 0 Å². The van der Waals surface area contributed by atoms with E-state index in [1.165, 1.54) is 12.1 Å². The minimum Gasteiger partial charge on any atom is -0.321 e. The second kappa shape index (κ2) is 5.16. The van der Waals surface area contributed by atoms with Gasteiger partial charge in [0.25, 0.3) is 0 Å². The van der Waals surface area contributed by atoms with Gasteiger partial charge < -0.3 is 5.73 Å². The van der Waals surface area contributed by atoms with Crippen LogP contribution in [0.1, 0.15) is 18.1 Å². The zero-order chi connectivity index (χ0) is 13.2. The van der Waals surface area contributed by atoms with Crippen LogP contribution in [0.2, 0.25) is 0 Å². The molecule has 0 fully saturated rings. The number of nitrogens with zero attached hydrogens (tertiary/aromatic N) is 1. The highest BCUT2D eigenvalue weighted by atomic mass is 79.9. The molecule has 2 aromatic rings. The lowest BCUT2D eigenvalue weighted by molar-refractivity contribution is 0.485. The number of hydrogen-bond donors (Lipinski definition) is 1. The molecule has 0 radical (unpaired) electrons. The van der Waals surface area contributed by atoms with Crippen LogP contribution in [-0.4, -0.2) is 4.98 Å². The number of aromatic nitrogens is 1. The fourth-order valence-electron chi connectivity index (χ4n) is 1.92. The number of hydrogen-bond acceptors (Lipinski definition) is 2. The summed E-state index contributed by atoms with van der Waals surface area (Å²) in [5.74, 6) is -0.267. The van der Waals surface area contributed by atoms with Crippen molar-refractivity contribution in [1.82, 2.24) is 4.98 Å². The summed E-state index contributed by atoms with van der Waals surface area (Å²) in [5, 5.41) is 0. The van der Waals surface area contributed by atoms with Crippen LogP contribution in [0, 0.1) is 5.82 Å². The third-order valence-electron chi connectivity index (χ3n) is 2.82. The highest BCUT2D eigenvalue weighted by Crippen LogP contribution is 2.24. The molecule has 1 aromatic carbocycles. The first-order valence-electron chi connectivity index (χ1n) is 5.62. The molecule has 1 atom stereocenters. The summed E-state index contributed by atoms with van der Waals surface area (Å²) < 4.78 is 14.1. The van der Waals surface area contributed by atoms with Crippen LogP contribution in [0.15, 0.2) is 47.2 Å². The van der Waals surface area contributed by atoms with Crippen molar-refractivity contribution in [3.05, 3.63) is 64.1 Å². The normalized spacial score (nSPS) is 14.2. The molecule has 1 unspecified atom stereocenters. The van der Waals surface area contributed by atoms with Gasteiger partial charge in [0.1, 0.15) is 5.82 Å². The van der Waals surface area contributed by atoms with Crippen LogP contribution in [-0.2, 0) is 12.0 Å². The Morgan fingerprint density at radius 1 is 1.33 bits per heavy atom. The number of rotatable bonds is 3. The maximum Gasteiger partial charge on any atom is 0.123 e. The molecule has 1 aromatic heterocycles. The molecule has 1 heterocycles. The summed E-state index contributed by atoms with van der Waals surface area (Å²) in [6.07, 6.45) is 4.09. The average molecular weight is 309 g/mol. The Morgan fingerprint density at radius 3 is 2.78 bits per heavy atom. The van der Waals surface area contributed by atoms with Crippen molar-refractivity contribution in [1.29, 1.82) is 0 Å². The molecule has 2 rings (SSSR count). The molecule has 94 valence electrons. The number of pyridine rings is 1. The van der Waals surface area contributed by atoms with E-state index in [0.717, 1.165) is 15.6 Å². The summed E-state index contributed by atoms with van der Waals surface area (Å²) >= 11 is 3.37. The van der Waals surface area contributed by atoms with Gasteiger partial charge in [-0.15, -0.1) is 0 Å². The SMILES string of the molecule is CC(N)(Cc1cncc(Br)c1)c1cccc(F)c1. The maximum atomic E-state index is 13.2. The lowest BCUT2D eigenvalue weighted by Crippen LogP contribution is -2.35. The van der Waals surface area contributed by atoms with E-state index in [4.69, 9.17) is 5.73 Å². The van der Waals surface area contributed by atoms with Crippen molar-refractivity contribution >= 4 is 15.9 Å². The minimum absolute atomic E-state index is 0.267. The van der Waals surface area contributed by atoms with E-state index < -0.39 is 5.54 Å². The van der Waals surface area contributed by atoms with Gasteiger partial charge in [-0.1, -0.05) is 12.1 Å². The van der Waals surface area contributed by atoms with Gasteiger partial charge in [0.2, 0.25) is 0 Å². The lowest BCUT2D eigenvalue weighted by atomic mass is 9.87. The zero-order valence-corrected chi connectivity index (χ0v) is 11.6. The van der Waals surface area contributed by atoms with E-state index in [1.54, 1.807) is 18.5 Å². The lowest BCUT2D eigenvalue weighted by Gasteiger charge is -2.25. The molecule has 0 aliphatic carbocycles. The Hall–Kier alpha value is -1.26. The molecule has 0 amide bonds. The summed E-state index contributed by atoms with van der Waals surface area (Å²) in [7, 11) is 0. The first-order chi connectivity index (χ1) is 8.47. The van der Waals surface area contributed by atoms with Gasteiger partial charge in [-0.2, -0.15) is 0 Å². The maximum absolute atomic E-state index is 13.2. The van der Waals surface area contributed by atoms with Gasteiger partial charge in [-0.25, -0.2) is 4.39 Å². The van der Waals surface area contributed by atoms with E-state index >= 15 is 0 Å². The van der Waals surface area contributed by atoms with Crippen molar-refractivity contribution in [3.8, 4) is 0 Å². The van der Waals surface area contributed by atoms with Crippen LogP contribution in [0.4, 0.5) is 4.39 Å². The standard InChI is InChI=1S/C14H14BrFN2/c1-14(17,11-3-2-4-13(16)6-11)7-10-5-12(15)9-18-8-10/h2-6,8-9H,7,17H2,1H3. The van der Waals surface area contributed by atoms with Gasteiger partial charge in [-0.3, -0.25) is 4.98 Å². The molecule has 4 heteroatoms. The van der Waals surface area contributed by atoms with Crippen LogP contribution in [0.3, 0.4) is 0 Å². The van der Waals surface area contributed by atoms with Crippen molar-refractivity contribution < 1.29 is 4.39 Å². The highest BCUT2D eigenvalue weighted by molar-refractivity contribution is 9.10. The fraction of sp³-hybridized carbons (Fsp3) is 0.214. The third-order valence-corrected chi connectivity index (χ3v) is 3.25. The summed E-state index contributed by atoms with van der Waals surface area (Å²) in [5.41, 5.74) is 7.45. The van der Waals surface area contributed by atoms with Gasteiger partial charge >= 0.3 is 0 Å². The monoisotopic (exact) mass is 308 g/mol. The average Bonchev–Trinajstić information content (AvgIpc) is 2.28. The third kappa shape index (κ3) is 3.15. The quantitative estimate of drug-likeness (QED) is 0.944. The van der Waals surface area contributed by atoms with E-state index in [0.29, 0.717) is 6.42 Å². The Balaban J connectivity index is 2.26. The molecule has 18 heavy (non-hydrogen) atoms. The number of benzene rings is 1. The van der Waals surface area contributed by atoms with Gasteiger partial charge in [-0.05, 0) is 58.6 Å². The van der Waals surface area contributed by atoms with E-state index in [2.05, 4.69) is 20.9 Å². The number of halogens is 2.